The van der Waals surface area contributed by atoms with Gasteiger partial charge in [-0.05, 0) is 53.5 Å². The van der Waals surface area contributed by atoms with E-state index in [0.717, 1.165) is 25.7 Å². The van der Waals surface area contributed by atoms with Crippen LogP contribution in [0.2, 0.25) is 0 Å². The molecule has 0 unspecified atom stereocenters. The molecular weight excluding hydrogens is 296 g/mol. The maximum atomic E-state index is 11.0. The zero-order chi connectivity index (χ0) is 16.8. The van der Waals surface area contributed by atoms with Crippen LogP contribution in [-0.4, -0.2) is 12.6 Å². The lowest BCUT2D eigenvalue weighted by molar-refractivity contribution is -0.137. The summed E-state index contributed by atoms with van der Waals surface area (Å²) in [5.74, 6) is -0.348. The summed E-state index contributed by atoms with van der Waals surface area (Å²) in [6, 6.07) is 17.3. The summed E-state index contributed by atoms with van der Waals surface area (Å²) in [5.41, 5.74) is 6.76. The minimum absolute atomic E-state index is 0.348. The van der Waals surface area contributed by atoms with Gasteiger partial charge in [-0.25, -0.2) is 4.79 Å². The largest absolute Gasteiger partial charge is 0.463 e. The van der Waals surface area contributed by atoms with E-state index in [1.165, 1.54) is 33.9 Å². The van der Waals surface area contributed by atoms with Crippen LogP contribution in [0.25, 0.3) is 11.6 Å². The van der Waals surface area contributed by atoms with Gasteiger partial charge in [-0.3, -0.25) is 0 Å². The fourth-order valence-corrected chi connectivity index (χ4v) is 3.09. The lowest BCUT2D eigenvalue weighted by Gasteiger charge is -2.18. The molecule has 0 bridgehead atoms. The van der Waals surface area contributed by atoms with Crippen molar-refractivity contribution in [2.75, 3.05) is 6.61 Å². The molecule has 24 heavy (non-hydrogen) atoms. The van der Waals surface area contributed by atoms with E-state index in [-0.39, 0.29) is 5.97 Å². The topological polar surface area (TPSA) is 26.3 Å². The van der Waals surface area contributed by atoms with Gasteiger partial charge in [0.05, 0.1) is 6.61 Å². The Morgan fingerprint density at radius 1 is 1.12 bits per heavy atom. The molecule has 1 aliphatic carbocycles. The van der Waals surface area contributed by atoms with Gasteiger partial charge in [0.2, 0.25) is 0 Å². The molecule has 2 nitrogen and oxygen atoms in total. The van der Waals surface area contributed by atoms with E-state index in [1.54, 1.807) is 0 Å². The molecule has 0 atom stereocenters. The molecule has 0 spiro atoms. The summed E-state index contributed by atoms with van der Waals surface area (Å²) in [6.45, 7) is 3.84. The highest BCUT2D eigenvalue weighted by Crippen LogP contribution is 2.30. The molecule has 0 fully saturated rings. The van der Waals surface area contributed by atoms with Crippen molar-refractivity contribution in [3.63, 3.8) is 0 Å². The van der Waals surface area contributed by atoms with Crippen LogP contribution in [-0.2, 0) is 22.4 Å². The molecule has 2 aromatic rings. The average molecular weight is 318 g/mol. The normalized spacial score (nSPS) is 12.9. The molecule has 3 rings (SSSR count). The number of carbonyl (C=O) groups excluding carboxylic acids is 1. The van der Waals surface area contributed by atoms with Crippen molar-refractivity contribution in [3.8, 4) is 0 Å². The van der Waals surface area contributed by atoms with E-state index in [4.69, 9.17) is 4.74 Å². The lowest BCUT2D eigenvalue weighted by Crippen LogP contribution is -2.04. The van der Waals surface area contributed by atoms with Crippen molar-refractivity contribution >= 4 is 17.6 Å². The molecule has 0 aliphatic heterocycles. The van der Waals surface area contributed by atoms with Gasteiger partial charge in [-0.15, -0.1) is 0 Å². The summed E-state index contributed by atoms with van der Waals surface area (Å²) in [4.78, 5) is 11.0. The summed E-state index contributed by atoms with van der Waals surface area (Å²) in [7, 11) is 0. The Kier molecular flexibility index (Phi) is 5.27. The highest BCUT2D eigenvalue weighted by Gasteiger charge is 2.12. The number of allylic oxidation sites excluding steroid dienone is 1. The molecule has 2 heteroatoms. The summed E-state index contributed by atoms with van der Waals surface area (Å²) in [6.07, 6.45) is 7.43. The standard InChI is InChI=1S/C22H22O2/c1-2-22(23)24-14-6-7-17-10-11-21-16-20(13-12-19(21)15-17)18-8-4-3-5-9-18/h2-5,8-11,15-16H,1,6-7,12-14H2. The second kappa shape index (κ2) is 7.78. The van der Waals surface area contributed by atoms with Crippen LogP contribution in [0.4, 0.5) is 0 Å². The molecule has 0 amide bonds. The Labute approximate surface area is 143 Å². The Bertz CT molecular complexity index is 757. The third-order valence-electron chi connectivity index (χ3n) is 4.37. The van der Waals surface area contributed by atoms with Gasteiger partial charge in [0.15, 0.2) is 0 Å². The van der Waals surface area contributed by atoms with Gasteiger partial charge in [-0.1, -0.05) is 61.2 Å². The first-order valence-corrected chi connectivity index (χ1v) is 8.43. The number of benzene rings is 2. The summed E-state index contributed by atoms with van der Waals surface area (Å²) in [5, 5.41) is 0. The van der Waals surface area contributed by atoms with E-state index in [2.05, 4.69) is 61.2 Å². The van der Waals surface area contributed by atoms with Crippen LogP contribution in [0.3, 0.4) is 0 Å². The van der Waals surface area contributed by atoms with Crippen molar-refractivity contribution in [2.45, 2.75) is 25.7 Å². The van der Waals surface area contributed by atoms with Gasteiger partial charge in [-0.2, -0.15) is 0 Å². The Balaban J connectivity index is 1.64. The van der Waals surface area contributed by atoms with E-state index in [1.807, 2.05) is 0 Å². The van der Waals surface area contributed by atoms with Crippen molar-refractivity contribution in [2.24, 2.45) is 0 Å². The highest BCUT2D eigenvalue weighted by molar-refractivity contribution is 5.84. The summed E-state index contributed by atoms with van der Waals surface area (Å²) < 4.78 is 5.02. The van der Waals surface area contributed by atoms with Crippen molar-refractivity contribution in [1.29, 1.82) is 0 Å². The van der Waals surface area contributed by atoms with E-state index in [9.17, 15) is 4.79 Å². The smallest absolute Gasteiger partial charge is 0.330 e. The van der Waals surface area contributed by atoms with Crippen LogP contribution in [0.15, 0.2) is 61.2 Å². The molecular formula is C22H22O2. The molecule has 1 aliphatic rings. The molecule has 0 saturated heterocycles. The summed E-state index contributed by atoms with van der Waals surface area (Å²) >= 11 is 0. The number of fused-ring (bicyclic) bond motifs is 1. The average Bonchev–Trinajstić information content (AvgIpc) is 2.65. The van der Waals surface area contributed by atoms with Gasteiger partial charge < -0.3 is 4.74 Å². The molecule has 0 aromatic heterocycles. The molecule has 122 valence electrons. The second-order valence-corrected chi connectivity index (χ2v) is 6.04. The number of hydrogen-bond donors (Lipinski definition) is 0. The van der Waals surface area contributed by atoms with Gasteiger partial charge in [0.25, 0.3) is 0 Å². The number of carbonyl (C=O) groups is 1. The van der Waals surface area contributed by atoms with Crippen molar-refractivity contribution in [3.05, 3.63) is 83.4 Å². The number of esters is 1. The maximum absolute atomic E-state index is 11.0. The first kappa shape index (κ1) is 16.3. The van der Waals surface area contributed by atoms with Crippen LogP contribution in [0, 0.1) is 0 Å². The lowest BCUT2D eigenvalue weighted by atomic mass is 9.87. The van der Waals surface area contributed by atoms with Crippen molar-refractivity contribution < 1.29 is 9.53 Å². The Hall–Kier alpha value is -2.61. The highest BCUT2D eigenvalue weighted by atomic mass is 16.5. The monoisotopic (exact) mass is 318 g/mol. The number of ether oxygens (including phenoxy) is 1. The van der Waals surface area contributed by atoms with Crippen LogP contribution in [0.1, 0.15) is 35.1 Å². The van der Waals surface area contributed by atoms with E-state index < -0.39 is 0 Å². The Morgan fingerprint density at radius 2 is 1.96 bits per heavy atom. The fourth-order valence-electron chi connectivity index (χ4n) is 3.09. The first-order chi connectivity index (χ1) is 11.8. The molecule has 2 aromatic carbocycles. The minimum Gasteiger partial charge on any atom is -0.463 e. The number of aryl methyl sites for hydroxylation is 2. The van der Waals surface area contributed by atoms with Gasteiger partial charge >= 0.3 is 5.97 Å². The molecule has 0 heterocycles. The van der Waals surface area contributed by atoms with Crippen LogP contribution < -0.4 is 0 Å². The molecule has 0 N–H and O–H groups in total. The fraction of sp³-hybridized carbons (Fsp3) is 0.227. The maximum Gasteiger partial charge on any atom is 0.330 e. The molecule has 0 radical (unpaired) electrons. The zero-order valence-electron chi connectivity index (χ0n) is 13.8. The zero-order valence-corrected chi connectivity index (χ0v) is 13.8. The quantitative estimate of drug-likeness (QED) is 0.433. The Morgan fingerprint density at radius 3 is 2.75 bits per heavy atom. The third kappa shape index (κ3) is 4.02. The SMILES string of the molecule is C=CC(=O)OCCCc1ccc2c(c1)CCC(c1ccccc1)=C2. The first-order valence-electron chi connectivity index (χ1n) is 8.43. The number of rotatable bonds is 6. The predicted molar refractivity (Wildman–Crippen MR) is 98.6 cm³/mol. The van der Waals surface area contributed by atoms with Gasteiger partial charge in [0.1, 0.15) is 0 Å². The third-order valence-corrected chi connectivity index (χ3v) is 4.37. The second-order valence-electron chi connectivity index (χ2n) is 6.04. The van der Waals surface area contributed by atoms with E-state index in [0.29, 0.717) is 6.61 Å². The number of hydrogen-bond acceptors (Lipinski definition) is 2. The molecule has 0 saturated carbocycles. The van der Waals surface area contributed by atoms with Crippen LogP contribution >= 0.6 is 0 Å². The van der Waals surface area contributed by atoms with Gasteiger partial charge in [0, 0.05) is 6.08 Å². The van der Waals surface area contributed by atoms with Crippen molar-refractivity contribution in [1.82, 2.24) is 0 Å². The minimum atomic E-state index is -0.348. The van der Waals surface area contributed by atoms with E-state index >= 15 is 0 Å². The predicted octanol–water partition coefficient (Wildman–Crippen LogP) is 4.84. The van der Waals surface area contributed by atoms with Crippen LogP contribution in [0.5, 0.6) is 0 Å².